The molecular weight excluding hydrogens is 486 g/mol. The number of imidazole rings is 1. The third kappa shape index (κ3) is 6.22. The van der Waals surface area contributed by atoms with Crippen LogP contribution in [0.5, 0.6) is 0 Å². The molecule has 208 valence electrons. The standard InChI is InChI=1S/C32H43N5O2/c1-4-5-6-10-13-32(39)35-18-17-31-30(22-35)33-23(2)37(31)28-20-26-14-15-27(21-28)36(26)19-16-29(34-24(3)38)25-11-8-7-9-12-25/h1,7-9,11-12,26-29H,5-6,10,13-22H2,2-3H3,(H,34,38)/t26?,27?,28?,29-/m0/s1. The first-order valence-electron chi connectivity index (χ1n) is 14.8. The Kier molecular flexibility index (Phi) is 8.72. The number of piperidine rings is 1. The van der Waals surface area contributed by atoms with E-state index >= 15 is 0 Å². The van der Waals surface area contributed by atoms with Crippen molar-refractivity contribution in [3.63, 3.8) is 0 Å². The molecular formula is C32H43N5O2. The Morgan fingerprint density at radius 3 is 2.56 bits per heavy atom. The number of rotatable bonds is 10. The smallest absolute Gasteiger partial charge is 0.222 e. The fourth-order valence-corrected chi connectivity index (χ4v) is 7.25. The lowest BCUT2D eigenvalue weighted by Crippen LogP contribution is -2.45. The second-order valence-corrected chi connectivity index (χ2v) is 11.6. The highest BCUT2D eigenvalue weighted by molar-refractivity contribution is 5.76. The summed E-state index contributed by atoms with van der Waals surface area (Å²) in [6.07, 6.45) is 15.0. The van der Waals surface area contributed by atoms with E-state index in [4.69, 9.17) is 11.4 Å². The number of benzene rings is 1. The molecule has 3 aliphatic heterocycles. The van der Waals surface area contributed by atoms with E-state index in [0.29, 0.717) is 31.1 Å². The zero-order chi connectivity index (χ0) is 27.4. The van der Waals surface area contributed by atoms with Crippen LogP contribution in [0.4, 0.5) is 0 Å². The van der Waals surface area contributed by atoms with Crippen molar-refractivity contribution in [1.82, 2.24) is 24.7 Å². The molecule has 0 aliphatic carbocycles. The van der Waals surface area contributed by atoms with Crippen LogP contribution in [0.3, 0.4) is 0 Å². The number of carbonyl (C=O) groups excluding carboxylic acids is 2. The third-order valence-electron chi connectivity index (χ3n) is 9.02. The maximum absolute atomic E-state index is 12.8. The predicted octanol–water partition coefficient (Wildman–Crippen LogP) is 4.71. The van der Waals surface area contributed by atoms with E-state index in [0.717, 1.165) is 69.6 Å². The van der Waals surface area contributed by atoms with Crippen LogP contribution in [0.2, 0.25) is 0 Å². The summed E-state index contributed by atoms with van der Waals surface area (Å²) in [5.74, 6) is 4.00. The molecule has 0 radical (unpaired) electrons. The molecule has 4 heterocycles. The van der Waals surface area contributed by atoms with Crippen LogP contribution in [0.25, 0.3) is 0 Å². The molecule has 2 amide bonds. The number of hydrogen-bond acceptors (Lipinski definition) is 4. The normalized spacial score (nSPS) is 23.2. The largest absolute Gasteiger partial charge is 0.349 e. The van der Waals surface area contributed by atoms with Gasteiger partial charge < -0.3 is 14.8 Å². The monoisotopic (exact) mass is 529 g/mol. The Morgan fingerprint density at radius 1 is 1.13 bits per heavy atom. The number of hydrogen-bond donors (Lipinski definition) is 1. The molecule has 39 heavy (non-hydrogen) atoms. The molecule has 2 fully saturated rings. The molecule has 1 N–H and O–H groups in total. The summed E-state index contributed by atoms with van der Waals surface area (Å²) >= 11 is 0. The number of aryl methyl sites for hydroxylation is 1. The molecule has 1 aromatic heterocycles. The van der Waals surface area contributed by atoms with Crippen molar-refractivity contribution in [3.05, 3.63) is 53.1 Å². The number of nitrogens with one attached hydrogen (secondary N) is 1. The minimum Gasteiger partial charge on any atom is -0.349 e. The first-order chi connectivity index (χ1) is 18.9. The summed E-state index contributed by atoms with van der Waals surface area (Å²) in [6, 6.07) is 12.0. The highest BCUT2D eigenvalue weighted by Crippen LogP contribution is 2.43. The molecule has 3 atom stereocenters. The average molecular weight is 530 g/mol. The number of nitrogens with zero attached hydrogens (tertiary/aromatic N) is 4. The number of aromatic nitrogens is 2. The van der Waals surface area contributed by atoms with E-state index in [-0.39, 0.29) is 17.9 Å². The molecule has 7 heteroatoms. The van der Waals surface area contributed by atoms with Gasteiger partial charge in [-0.05, 0) is 57.4 Å². The van der Waals surface area contributed by atoms with Crippen LogP contribution in [0, 0.1) is 19.3 Å². The van der Waals surface area contributed by atoms with Gasteiger partial charge in [-0.2, -0.15) is 0 Å². The average Bonchev–Trinajstić information content (AvgIpc) is 3.38. The van der Waals surface area contributed by atoms with Crippen LogP contribution in [-0.2, 0) is 22.6 Å². The van der Waals surface area contributed by atoms with Gasteiger partial charge in [-0.15, -0.1) is 12.3 Å². The Balaban J connectivity index is 1.21. The SMILES string of the molecule is C#CCCCCC(=O)N1CCc2c(nc(C)n2C2CC3CCC(C2)N3CC[C@H](NC(C)=O)c2ccccc2)C1. The Hall–Kier alpha value is -3.11. The maximum atomic E-state index is 12.8. The van der Waals surface area contributed by atoms with Crippen molar-refractivity contribution < 1.29 is 9.59 Å². The lowest BCUT2D eigenvalue weighted by atomic mass is 9.94. The predicted molar refractivity (Wildman–Crippen MR) is 153 cm³/mol. The molecule has 2 aromatic rings. The summed E-state index contributed by atoms with van der Waals surface area (Å²) in [5.41, 5.74) is 3.61. The first-order valence-corrected chi connectivity index (χ1v) is 14.8. The molecule has 0 spiro atoms. The number of amides is 2. The van der Waals surface area contributed by atoms with E-state index in [9.17, 15) is 9.59 Å². The Morgan fingerprint density at radius 2 is 1.87 bits per heavy atom. The van der Waals surface area contributed by atoms with Gasteiger partial charge >= 0.3 is 0 Å². The van der Waals surface area contributed by atoms with Gasteiger partial charge in [-0.1, -0.05) is 30.3 Å². The van der Waals surface area contributed by atoms with Gasteiger partial charge in [0, 0.05) is 63.1 Å². The molecule has 3 aliphatic rings. The summed E-state index contributed by atoms with van der Waals surface area (Å²) in [6.45, 7) is 6.15. The summed E-state index contributed by atoms with van der Waals surface area (Å²) in [4.78, 5) is 34.3. The fraction of sp³-hybridized carbons (Fsp3) is 0.594. The van der Waals surface area contributed by atoms with Crippen molar-refractivity contribution in [2.45, 2.75) is 109 Å². The van der Waals surface area contributed by atoms with Gasteiger partial charge in [-0.3, -0.25) is 14.5 Å². The lowest BCUT2D eigenvalue weighted by Gasteiger charge is -2.41. The molecule has 2 unspecified atom stereocenters. The van der Waals surface area contributed by atoms with E-state index < -0.39 is 0 Å². The lowest BCUT2D eigenvalue weighted by molar-refractivity contribution is -0.132. The quantitative estimate of drug-likeness (QED) is 0.358. The minimum atomic E-state index is 0.0232. The van der Waals surface area contributed by atoms with E-state index in [2.05, 4.69) is 39.8 Å². The number of unbranched alkanes of at least 4 members (excludes halogenated alkanes) is 2. The van der Waals surface area contributed by atoms with E-state index in [1.165, 1.54) is 24.1 Å². The summed E-state index contributed by atoms with van der Waals surface area (Å²) in [7, 11) is 0. The minimum absolute atomic E-state index is 0.0232. The number of terminal acetylenes is 1. The van der Waals surface area contributed by atoms with Crippen molar-refractivity contribution in [1.29, 1.82) is 0 Å². The van der Waals surface area contributed by atoms with Crippen LogP contribution < -0.4 is 5.32 Å². The molecule has 5 rings (SSSR count). The van der Waals surface area contributed by atoms with E-state index in [1.807, 2.05) is 23.1 Å². The second-order valence-electron chi connectivity index (χ2n) is 11.6. The Bertz CT molecular complexity index is 1190. The highest BCUT2D eigenvalue weighted by atomic mass is 16.2. The third-order valence-corrected chi connectivity index (χ3v) is 9.02. The van der Waals surface area contributed by atoms with Crippen LogP contribution in [0.1, 0.15) is 99.6 Å². The van der Waals surface area contributed by atoms with Gasteiger partial charge in [0.2, 0.25) is 11.8 Å². The van der Waals surface area contributed by atoms with Crippen molar-refractivity contribution in [3.8, 4) is 12.3 Å². The second kappa shape index (κ2) is 12.4. The Labute approximate surface area is 233 Å². The van der Waals surface area contributed by atoms with Crippen molar-refractivity contribution in [2.75, 3.05) is 13.1 Å². The zero-order valence-corrected chi connectivity index (χ0v) is 23.6. The van der Waals surface area contributed by atoms with Gasteiger partial charge in [-0.25, -0.2) is 4.98 Å². The van der Waals surface area contributed by atoms with Crippen molar-refractivity contribution in [2.24, 2.45) is 0 Å². The first kappa shape index (κ1) is 27.5. The highest BCUT2D eigenvalue weighted by Gasteiger charge is 2.42. The van der Waals surface area contributed by atoms with Gasteiger partial charge in [0.1, 0.15) is 5.82 Å². The molecule has 2 bridgehead atoms. The summed E-state index contributed by atoms with van der Waals surface area (Å²) in [5, 5.41) is 3.17. The van der Waals surface area contributed by atoms with Gasteiger partial charge in [0.25, 0.3) is 0 Å². The van der Waals surface area contributed by atoms with Crippen molar-refractivity contribution >= 4 is 11.8 Å². The van der Waals surface area contributed by atoms with Crippen LogP contribution in [0.15, 0.2) is 30.3 Å². The van der Waals surface area contributed by atoms with Crippen LogP contribution in [-0.4, -0.2) is 56.3 Å². The number of fused-ring (bicyclic) bond motifs is 3. The molecule has 1 aromatic carbocycles. The zero-order valence-electron chi connectivity index (χ0n) is 23.6. The molecule has 0 saturated carbocycles. The fourth-order valence-electron chi connectivity index (χ4n) is 7.25. The molecule has 2 saturated heterocycles. The van der Waals surface area contributed by atoms with E-state index in [1.54, 1.807) is 6.92 Å². The van der Waals surface area contributed by atoms with Crippen LogP contribution >= 0.6 is 0 Å². The topological polar surface area (TPSA) is 70.5 Å². The molecule has 7 nitrogen and oxygen atoms in total. The number of carbonyl (C=O) groups is 2. The maximum Gasteiger partial charge on any atom is 0.222 e. The van der Waals surface area contributed by atoms with Gasteiger partial charge in [0.05, 0.1) is 18.3 Å². The van der Waals surface area contributed by atoms with Gasteiger partial charge in [0.15, 0.2) is 0 Å². The summed E-state index contributed by atoms with van der Waals surface area (Å²) < 4.78 is 2.52.